The van der Waals surface area contributed by atoms with Crippen LogP contribution in [0.3, 0.4) is 0 Å². The van der Waals surface area contributed by atoms with Gasteiger partial charge < -0.3 is 14.5 Å². The molecule has 1 heterocycles. The lowest BCUT2D eigenvalue weighted by Gasteiger charge is -2.08. The molecule has 1 amide bonds. The van der Waals surface area contributed by atoms with Crippen LogP contribution >= 0.6 is 11.6 Å². The first-order valence-electron chi connectivity index (χ1n) is 7.24. The third-order valence-corrected chi connectivity index (χ3v) is 3.55. The minimum Gasteiger partial charge on any atom is -0.489 e. The van der Waals surface area contributed by atoms with Gasteiger partial charge in [0.05, 0.1) is 0 Å². The number of benzene rings is 2. The van der Waals surface area contributed by atoms with Crippen LogP contribution in [0.15, 0.2) is 57.7 Å². The highest BCUT2D eigenvalue weighted by atomic mass is 35.5. The molecule has 1 N–H and O–H groups in total. The monoisotopic (exact) mass is 343 g/mol. The highest BCUT2D eigenvalue weighted by Gasteiger charge is 2.08. The maximum Gasteiger partial charge on any atom is 0.360 e. The van der Waals surface area contributed by atoms with Crippen LogP contribution < -0.4 is 15.7 Å². The van der Waals surface area contributed by atoms with Crippen LogP contribution in [-0.2, 0) is 11.4 Å². The van der Waals surface area contributed by atoms with E-state index in [1.165, 1.54) is 6.92 Å². The van der Waals surface area contributed by atoms with Crippen molar-refractivity contribution in [1.29, 1.82) is 0 Å². The number of hydrogen-bond donors (Lipinski definition) is 1. The van der Waals surface area contributed by atoms with Gasteiger partial charge in [0.15, 0.2) is 0 Å². The van der Waals surface area contributed by atoms with Gasteiger partial charge >= 0.3 is 5.63 Å². The summed E-state index contributed by atoms with van der Waals surface area (Å²) in [6, 6.07) is 14.1. The van der Waals surface area contributed by atoms with Crippen molar-refractivity contribution in [2.75, 3.05) is 5.32 Å². The molecule has 24 heavy (non-hydrogen) atoms. The van der Waals surface area contributed by atoms with E-state index in [0.717, 1.165) is 5.56 Å². The van der Waals surface area contributed by atoms with Crippen molar-refractivity contribution in [3.8, 4) is 5.75 Å². The zero-order chi connectivity index (χ0) is 17.1. The lowest BCUT2D eigenvalue weighted by atomic mass is 10.2. The Labute approximate surface area is 142 Å². The largest absolute Gasteiger partial charge is 0.489 e. The maximum atomic E-state index is 11.9. The molecule has 0 aliphatic rings. The van der Waals surface area contributed by atoms with E-state index in [0.29, 0.717) is 28.3 Å². The van der Waals surface area contributed by atoms with Gasteiger partial charge in [-0.25, -0.2) is 4.79 Å². The first-order valence-corrected chi connectivity index (χ1v) is 7.62. The Morgan fingerprint density at radius 1 is 1.21 bits per heavy atom. The van der Waals surface area contributed by atoms with Crippen molar-refractivity contribution in [1.82, 2.24) is 0 Å². The molecule has 2 aromatic carbocycles. The Morgan fingerprint density at radius 3 is 2.79 bits per heavy atom. The number of nitrogens with one attached hydrogen (secondary N) is 1. The van der Waals surface area contributed by atoms with Crippen LogP contribution in [0.2, 0.25) is 5.02 Å². The molecular formula is C18H14ClNO4. The molecule has 5 nitrogen and oxygen atoms in total. The van der Waals surface area contributed by atoms with Crippen LogP contribution in [0, 0.1) is 0 Å². The van der Waals surface area contributed by atoms with Crippen LogP contribution in [0.4, 0.5) is 5.69 Å². The number of hydrogen-bond acceptors (Lipinski definition) is 4. The lowest BCUT2D eigenvalue weighted by Crippen LogP contribution is -2.14. The fourth-order valence-electron chi connectivity index (χ4n) is 2.25. The Bertz CT molecular complexity index is 965. The third-order valence-electron chi connectivity index (χ3n) is 3.31. The molecule has 3 rings (SSSR count). The highest BCUT2D eigenvalue weighted by molar-refractivity contribution is 6.30. The third kappa shape index (κ3) is 3.75. The number of halogens is 1. The molecule has 6 heteroatoms. The van der Waals surface area contributed by atoms with Crippen LogP contribution in [0.5, 0.6) is 5.75 Å². The van der Waals surface area contributed by atoms with Gasteiger partial charge in [-0.1, -0.05) is 23.7 Å². The lowest BCUT2D eigenvalue weighted by molar-refractivity contribution is -0.114. The molecule has 0 spiro atoms. The average molecular weight is 344 g/mol. The second kappa shape index (κ2) is 6.76. The molecule has 0 bridgehead atoms. The molecule has 3 aromatic rings. The van der Waals surface area contributed by atoms with E-state index in [1.807, 2.05) is 18.2 Å². The number of ether oxygens (including phenoxy) is 1. The van der Waals surface area contributed by atoms with E-state index in [9.17, 15) is 9.59 Å². The number of carbonyl (C=O) groups excluding carboxylic acids is 1. The van der Waals surface area contributed by atoms with Crippen molar-refractivity contribution in [2.24, 2.45) is 0 Å². The fourth-order valence-corrected chi connectivity index (χ4v) is 2.46. The number of anilines is 1. The van der Waals surface area contributed by atoms with Gasteiger partial charge in [0.2, 0.25) is 5.91 Å². The fraction of sp³-hybridized carbons (Fsp3) is 0.111. The van der Waals surface area contributed by atoms with E-state index in [2.05, 4.69) is 5.32 Å². The minimum atomic E-state index is -0.607. The molecule has 0 radical (unpaired) electrons. The standard InChI is InChI=1S/C18H14ClNO4/c1-11(21)20-16-8-13-5-6-15(9-17(13)24-18(16)22)23-10-12-3-2-4-14(19)7-12/h2-9H,10H2,1H3,(H,20,21). The van der Waals surface area contributed by atoms with Crippen molar-refractivity contribution in [2.45, 2.75) is 13.5 Å². The summed E-state index contributed by atoms with van der Waals surface area (Å²) in [6.45, 7) is 1.68. The molecule has 1 aromatic heterocycles. The van der Waals surface area contributed by atoms with Gasteiger partial charge in [-0.15, -0.1) is 0 Å². The second-order valence-corrected chi connectivity index (χ2v) is 5.68. The van der Waals surface area contributed by atoms with Gasteiger partial charge in [-0.3, -0.25) is 4.79 Å². The van der Waals surface area contributed by atoms with Gasteiger partial charge in [-0.05, 0) is 35.9 Å². The smallest absolute Gasteiger partial charge is 0.360 e. The SMILES string of the molecule is CC(=O)Nc1cc2ccc(OCc3cccc(Cl)c3)cc2oc1=O. The van der Waals surface area contributed by atoms with E-state index in [-0.39, 0.29) is 11.6 Å². The molecule has 0 atom stereocenters. The predicted octanol–water partition coefficient (Wildman–Crippen LogP) is 3.98. The van der Waals surface area contributed by atoms with Crippen LogP contribution in [-0.4, -0.2) is 5.91 Å². The summed E-state index contributed by atoms with van der Waals surface area (Å²) in [4.78, 5) is 22.9. The molecule has 0 fully saturated rings. The molecule has 122 valence electrons. The number of carbonyl (C=O) groups is 1. The predicted molar refractivity (Wildman–Crippen MR) is 92.6 cm³/mol. The Hall–Kier alpha value is -2.79. The molecular weight excluding hydrogens is 330 g/mol. The topological polar surface area (TPSA) is 68.5 Å². The van der Waals surface area contributed by atoms with Gasteiger partial charge in [0.25, 0.3) is 0 Å². The zero-order valence-corrected chi connectivity index (χ0v) is 13.6. The number of rotatable bonds is 4. The number of amides is 1. The first kappa shape index (κ1) is 16.1. The van der Waals surface area contributed by atoms with Crippen molar-refractivity contribution >= 4 is 34.2 Å². The summed E-state index contributed by atoms with van der Waals surface area (Å²) < 4.78 is 10.9. The van der Waals surface area contributed by atoms with E-state index < -0.39 is 5.63 Å². The summed E-state index contributed by atoms with van der Waals surface area (Å²) >= 11 is 5.94. The molecule has 0 saturated carbocycles. The van der Waals surface area contributed by atoms with Crippen molar-refractivity contribution in [3.63, 3.8) is 0 Å². The first-order chi connectivity index (χ1) is 11.5. The normalized spacial score (nSPS) is 10.6. The summed E-state index contributed by atoms with van der Waals surface area (Å²) in [5.41, 5.74) is 0.829. The van der Waals surface area contributed by atoms with Gasteiger partial charge in [0.1, 0.15) is 23.6 Å². The summed E-state index contributed by atoms with van der Waals surface area (Å²) in [6.07, 6.45) is 0. The summed E-state index contributed by atoms with van der Waals surface area (Å²) in [5, 5.41) is 3.78. The molecule has 0 aliphatic carbocycles. The summed E-state index contributed by atoms with van der Waals surface area (Å²) in [7, 11) is 0. The Kier molecular flexibility index (Phi) is 4.53. The summed E-state index contributed by atoms with van der Waals surface area (Å²) in [5.74, 6) is 0.237. The van der Waals surface area contributed by atoms with E-state index in [1.54, 1.807) is 30.3 Å². The molecule has 0 aliphatic heterocycles. The van der Waals surface area contributed by atoms with E-state index in [4.69, 9.17) is 20.8 Å². The highest BCUT2D eigenvalue weighted by Crippen LogP contribution is 2.23. The quantitative estimate of drug-likeness (QED) is 0.727. The van der Waals surface area contributed by atoms with Crippen molar-refractivity contribution < 1.29 is 13.9 Å². The average Bonchev–Trinajstić information content (AvgIpc) is 2.53. The molecule has 0 saturated heterocycles. The van der Waals surface area contributed by atoms with Gasteiger partial charge in [-0.2, -0.15) is 0 Å². The van der Waals surface area contributed by atoms with Crippen molar-refractivity contribution in [3.05, 3.63) is 69.5 Å². The molecule has 0 unspecified atom stereocenters. The second-order valence-electron chi connectivity index (χ2n) is 5.25. The Balaban J connectivity index is 1.83. The van der Waals surface area contributed by atoms with Crippen LogP contribution in [0.25, 0.3) is 11.0 Å². The number of fused-ring (bicyclic) bond motifs is 1. The van der Waals surface area contributed by atoms with Crippen LogP contribution in [0.1, 0.15) is 12.5 Å². The Morgan fingerprint density at radius 2 is 2.04 bits per heavy atom. The van der Waals surface area contributed by atoms with Gasteiger partial charge in [0, 0.05) is 23.4 Å². The zero-order valence-electron chi connectivity index (χ0n) is 12.8. The minimum absolute atomic E-state index is 0.114. The van der Waals surface area contributed by atoms with E-state index >= 15 is 0 Å². The maximum absolute atomic E-state index is 11.9.